The second-order valence-electron chi connectivity index (χ2n) is 4.10. The van der Waals surface area contributed by atoms with E-state index in [-0.39, 0.29) is 4.75 Å². The number of hydrogen-bond acceptors (Lipinski definition) is 2. The van der Waals surface area contributed by atoms with Crippen LogP contribution in [0.5, 0.6) is 0 Å². The van der Waals surface area contributed by atoms with Gasteiger partial charge < -0.3 is 0 Å². The topological polar surface area (TPSA) is 12.4 Å². The van der Waals surface area contributed by atoms with Gasteiger partial charge in [-0.1, -0.05) is 38.8 Å². The summed E-state index contributed by atoms with van der Waals surface area (Å²) in [6, 6.07) is 6.07. The van der Waals surface area contributed by atoms with Gasteiger partial charge in [-0.05, 0) is 50.4 Å². The van der Waals surface area contributed by atoms with E-state index in [0.717, 1.165) is 20.9 Å². The molecule has 1 aromatic carbocycles. The van der Waals surface area contributed by atoms with Crippen LogP contribution in [0.2, 0.25) is 0 Å². The normalized spacial score (nSPS) is 12.3. The Balaban J connectivity index is 2.73. The fraction of sp³-hybridized carbons (Fsp3) is 0.417. The second-order valence-corrected chi connectivity index (χ2v) is 7.37. The predicted molar refractivity (Wildman–Crippen MR) is 81.4 cm³/mol. The van der Waals surface area contributed by atoms with E-state index in [4.69, 9.17) is 0 Å². The van der Waals surface area contributed by atoms with Gasteiger partial charge in [0.15, 0.2) is 0 Å². The summed E-state index contributed by atoms with van der Waals surface area (Å²) < 4.78 is 6.76. The minimum absolute atomic E-state index is 0.203. The Bertz CT molecular complexity index is 389. The van der Waals surface area contributed by atoms with Crippen LogP contribution in [0.1, 0.15) is 32.8 Å². The molecule has 0 saturated carbocycles. The molecule has 0 radical (unpaired) electrons. The van der Waals surface area contributed by atoms with E-state index in [9.17, 15) is 0 Å². The van der Waals surface area contributed by atoms with Crippen LogP contribution in [-0.2, 0) is 0 Å². The van der Waals surface area contributed by atoms with Crippen LogP contribution in [0.4, 0.5) is 0 Å². The van der Waals surface area contributed by atoms with Crippen molar-refractivity contribution in [1.29, 1.82) is 0 Å². The zero-order valence-corrected chi connectivity index (χ0v) is 13.6. The maximum Gasteiger partial charge on any atom is 0.0435 e. The first-order valence-electron chi connectivity index (χ1n) is 5.11. The van der Waals surface area contributed by atoms with Crippen LogP contribution >= 0.6 is 43.8 Å². The summed E-state index contributed by atoms with van der Waals surface area (Å²) in [4.78, 5) is 0. The van der Waals surface area contributed by atoms with Crippen LogP contribution in [0.25, 0.3) is 0 Å². The zero-order chi connectivity index (χ0) is 12.2. The number of halogens is 2. The molecule has 0 aliphatic rings. The van der Waals surface area contributed by atoms with E-state index >= 15 is 0 Å². The monoisotopic (exact) mass is 363 g/mol. The minimum Gasteiger partial charge on any atom is -0.223 e. The van der Waals surface area contributed by atoms with Crippen LogP contribution in [-0.4, -0.2) is 11.0 Å². The SMILES string of the molecule is CCC(C)(C)S/N=C\c1cc(Br)ccc1Br. The summed E-state index contributed by atoms with van der Waals surface area (Å²) in [5.74, 6) is 0. The van der Waals surface area contributed by atoms with Crippen molar-refractivity contribution in [3.8, 4) is 0 Å². The molecule has 0 bridgehead atoms. The molecule has 1 nitrogen and oxygen atoms in total. The third-order valence-electron chi connectivity index (χ3n) is 2.30. The van der Waals surface area contributed by atoms with E-state index in [1.54, 1.807) is 11.9 Å². The van der Waals surface area contributed by atoms with Crippen LogP contribution in [0.15, 0.2) is 31.5 Å². The lowest BCUT2D eigenvalue weighted by Gasteiger charge is -2.17. The van der Waals surface area contributed by atoms with Crippen LogP contribution in [0.3, 0.4) is 0 Å². The Morgan fingerprint density at radius 1 is 1.38 bits per heavy atom. The molecular formula is C12H15Br2NS. The van der Waals surface area contributed by atoms with Gasteiger partial charge in [0.25, 0.3) is 0 Å². The molecule has 0 N–H and O–H groups in total. The summed E-state index contributed by atoms with van der Waals surface area (Å²) in [5, 5.41) is 0. The summed E-state index contributed by atoms with van der Waals surface area (Å²) in [7, 11) is 0. The van der Waals surface area contributed by atoms with Gasteiger partial charge in [0, 0.05) is 25.5 Å². The van der Waals surface area contributed by atoms with E-state index in [2.05, 4.69) is 57.0 Å². The first kappa shape index (κ1) is 14.3. The first-order chi connectivity index (χ1) is 7.44. The van der Waals surface area contributed by atoms with Crippen molar-refractivity contribution in [2.45, 2.75) is 31.9 Å². The molecular weight excluding hydrogens is 350 g/mol. The molecule has 0 saturated heterocycles. The van der Waals surface area contributed by atoms with Crippen molar-refractivity contribution in [3.05, 3.63) is 32.7 Å². The molecule has 0 atom stereocenters. The molecule has 4 heteroatoms. The molecule has 0 fully saturated rings. The highest BCUT2D eigenvalue weighted by atomic mass is 79.9. The maximum atomic E-state index is 4.43. The van der Waals surface area contributed by atoms with Gasteiger partial charge in [0.2, 0.25) is 0 Å². The van der Waals surface area contributed by atoms with Gasteiger partial charge in [-0.25, -0.2) is 4.40 Å². The standard InChI is InChI=1S/C12H15Br2NS/c1-4-12(2,3)16-15-8-9-7-10(13)5-6-11(9)14/h5-8H,4H2,1-3H3/b15-8-. The number of rotatable bonds is 4. The highest BCUT2D eigenvalue weighted by Crippen LogP contribution is 2.29. The van der Waals surface area contributed by atoms with Crippen molar-refractivity contribution in [3.63, 3.8) is 0 Å². The van der Waals surface area contributed by atoms with Crippen molar-refractivity contribution in [2.75, 3.05) is 0 Å². The Hall–Kier alpha value is 0.200. The summed E-state index contributed by atoms with van der Waals surface area (Å²) in [6.45, 7) is 6.58. The third kappa shape index (κ3) is 4.60. The third-order valence-corrected chi connectivity index (χ3v) is 4.51. The highest BCUT2D eigenvalue weighted by molar-refractivity contribution is 9.11. The molecule has 0 spiro atoms. The smallest absolute Gasteiger partial charge is 0.0435 e. The molecule has 0 aliphatic carbocycles. The number of hydrogen-bond donors (Lipinski definition) is 0. The van der Waals surface area contributed by atoms with E-state index < -0.39 is 0 Å². The van der Waals surface area contributed by atoms with E-state index in [0.29, 0.717) is 0 Å². The van der Waals surface area contributed by atoms with E-state index in [1.807, 2.05) is 24.4 Å². The van der Waals surface area contributed by atoms with Crippen LogP contribution in [0, 0.1) is 0 Å². The maximum absolute atomic E-state index is 4.43. The second kappa shape index (κ2) is 6.22. The Labute approximate surface area is 119 Å². The quantitative estimate of drug-likeness (QED) is 0.509. The number of benzene rings is 1. The molecule has 0 amide bonds. The van der Waals surface area contributed by atoms with Gasteiger partial charge >= 0.3 is 0 Å². The van der Waals surface area contributed by atoms with Crippen LogP contribution < -0.4 is 0 Å². The van der Waals surface area contributed by atoms with Crippen molar-refractivity contribution in [2.24, 2.45) is 4.40 Å². The summed E-state index contributed by atoms with van der Waals surface area (Å²) in [5.41, 5.74) is 1.09. The Kier molecular flexibility index (Phi) is 5.54. The van der Waals surface area contributed by atoms with Gasteiger partial charge in [-0.3, -0.25) is 0 Å². The lowest BCUT2D eigenvalue weighted by molar-refractivity contribution is 0.685. The molecule has 16 heavy (non-hydrogen) atoms. The van der Waals surface area contributed by atoms with Crippen molar-refractivity contribution >= 4 is 50.0 Å². The highest BCUT2D eigenvalue weighted by Gasteiger charge is 2.14. The molecule has 0 unspecified atom stereocenters. The zero-order valence-electron chi connectivity index (χ0n) is 9.63. The largest absolute Gasteiger partial charge is 0.223 e. The Morgan fingerprint density at radius 2 is 2.06 bits per heavy atom. The van der Waals surface area contributed by atoms with Gasteiger partial charge in [0.05, 0.1) is 0 Å². The van der Waals surface area contributed by atoms with Crippen molar-refractivity contribution in [1.82, 2.24) is 0 Å². The molecule has 1 rings (SSSR count). The average molecular weight is 365 g/mol. The summed E-state index contributed by atoms with van der Waals surface area (Å²) in [6.07, 6.45) is 3.01. The molecule has 0 aliphatic heterocycles. The van der Waals surface area contributed by atoms with Gasteiger partial charge in [-0.15, -0.1) is 0 Å². The molecule has 88 valence electrons. The van der Waals surface area contributed by atoms with Gasteiger partial charge in [0.1, 0.15) is 0 Å². The lowest BCUT2D eigenvalue weighted by atomic mass is 10.1. The number of nitrogens with zero attached hydrogens (tertiary/aromatic N) is 1. The molecule has 0 aromatic heterocycles. The van der Waals surface area contributed by atoms with Gasteiger partial charge in [-0.2, -0.15) is 0 Å². The summed E-state index contributed by atoms with van der Waals surface area (Å²) >= 11 is 8.58. The van der Waals surface area contributed by atoms with E-state index in [1.165, 1.54) is 0 Å². The minimum atomic E-state index is 0.203. The average Bonchev–Trinajstić information content (AvgIpc) is 2.23. The molecule has 0 heterocycles. The molecule has 1 aromatic rings. The van der Waals surface area contributed by atoms with Crippen molar-refractivity contribution < 1.29 is 0 Å². The lowest BCUT2D eigenvalue weighted by Crippen LogP contribution is -2.10. The fourth-order valence-electron chi connectivity index (χ4n) is 0.904. The Morgan fingerprint density at radius 3 is 2.69 bits per heavy atom. The predicted octanol–water partition coefficient (Wildman–Crippen LogP) is 5.47. The fourth-order valence-corrected chi connectivity index (χ4v) is 2.21. The first-order valence-corrected chi connectivity index (χ1v) is 7.47.